The van der Waals surface area contributed by atoms with Crippen molar-refractivity contribution in [2.24, 2.45) is 7.05 Å². The average molecular weight is 197 g/mol. The molecule has 1 unspecified atom stereocenters. The molecule has 1 aromatic rings. The summed E-state index contributed by atoms with van der Waals surface area (Å²) >= 11 is 0. The van der Waals surface area contributed by atoms with Gasteiger partial charge < -0.3 is 10.2 Å². The van der Waals surface area contributed by atoms with Crippen molar-refractivity contribution in [1.29, 1.82) is 0 Å². The lowest BCUT2D eigenvalue weighted by molar-refractivity contribution is -0.148. The van der Waals surface area contributed by atoms with Gasteiger partial charge in [-0.1, -0.05) is 5.21 Å². The molecular weight excluding hydrogens is 186 g/mol. The van der Waals surface area contributed by atoms with Crippen molar-refractivity contribution in [2.45, 2.75) is 24.4 Å². The molecule has 1 aromatic heterocycles. The maximum Gasteiger partial charge on any atom is 0.333 e. The van der Waals surface area contributed by atoms with Gasteiger partial charge in [0.15, 0.2) is 6.10 Å². The maximum atomic E-state index is 10.7. The normalized spacial score (nSPS) is 20.4. The molecule has 0 aromatic carbocycles. The predicted molar refractivity (Wildman–Crippen MR) is 45.6 cm³/mol. The fourth-order valence-corrected chi connectivity index (χ4v) is 1.62. The first-order chi connectivity index (χ1) is 6.56. The van der Waals surface area contributed by atoms with Crippen LogP contribution in [0.3, 0.4) is 0 Å². The molecule has 1 saturated carbocycles. The second kappa shape index (κ2) is 2.78. The first kappa shape index (κ1) is 9.14. The third kappa shape index (κ3) is 1.19. The van der Waals surface area contributed by atoms with Crippen LogP contribution < -0.4 is 0 Å². The van der Waals surface area contributed by atoms with Crippen LogP contribution in [-0.4, -0.2) is 37.3 Å². The van der Waals surface area contributed by atoms with Gasteiger partial charge >= 0.3 is 5.97 Å². The summed E-state index contributed by atoms with van der Waals surface area (Å²) in [6.45, 7) is 0. The Morgan fingerprint density at radius 1 is 1.71 bits per heavy atom. The molecule has 0 radical (unpaired) electrons. The third-order valence-electron chi connectivity index (χ3n) is 2.66. The number of aliphatic hydroxyl groups is 1. The number of rotatable bonds is 3. The molecule has 0 bridgehead atoms. The van der Waals surface area contributed by atoms with Gasteiger partial charge in [0.2, 0.25) is 0 Å². The summed E-state index contributed by atoms with van der Waals surface area (Å²) in [5.41, 5.74) is -0.130. The molecule has 2 rings (SSSR count). The minimum absolute atomic E-state index is 0.565. The number of carbonyl (C=O) groups is 1. The molecule has 0 spiro atoms. The van der Waals surface area contributed by atoms with Gasteiger partial charge in [-0.15, -0.1) is 5.10 Å². The molecule has 6 nitrogen and oxygen atoms in total. The first-order valence-electron chi connectivity index (χ1n) is 4.34. The van der Waals surface area contributed by atoms with E-state index in [1.807, 2.05) is 0 Å². The van der Waals surface area contributed by atoms with Gasteiger partial charge in [0.25, 0.3) is 0 Å². The fraction of sp³-hybridized carbons (Fsp3) is 0.625. The lowest BCUT2D eigenvalue weighted by atomic mass is 9.96. The molecule has 1 atom stereocenters. The van der Waals surface area contributed by atoms with E-state index in [0.29, 0.717) is 18.5 Å². The number of aliphatic hydroxyl groups excluding tert-OH is 1. The largest absolute Gasteiger partial charge is 0.479 e. The molecule has 2 N–H and O–H groups in total. The summed E-state index contributed by atoms with van der Waals surface area (Å²) in [5.74, 6) is -1.20. The minimum atomic E-state index is -1.38. The standard InChI is InChI=1S/C8H11N3O3/c1-11-4-5(9-10-11)8(2-3-8)6(12)7(13)14/h4,6,12H,2-3H2,1H3,(H,13,14). The van der Waals surface area contributed by atoms with Crippen LogP contribution in [0.1, 0.15) is 18.5 Å². The molecule has 6 heteroatoms. The van der Waals surface area contributed by atoms with E-state index in [2.05, 4.69) is 10.3 Å². The van der Waals surface area contributed by atoms with Crippen molar-refractivity contribution in [3.8, 4) is 0 Å². The van der Waals surface area contributed by atoms with Crippen molar-refractivity contribution in [2.75, 3.05) is 0 Å². The van der Waals surface area contributed by atoms with Crippen LogP contribution in [0.5, 0.6) is 0 Å². The Bertz CT molecular complexity index is 370. The maximum absolute atomic E-state index is 10.7. The zero-order valence-corrected chi connectivity index (χ0v) is 7.71. The van der Waals surface area contributed by atoms with Crippen LogP contribution in [0.4, 0.5) is 0 Å². The van der Waals surface area contributed by atoms with E-state index < -0.39 is 17.5 Å². The Kier molecular flexibility index (Phi) is 1.81. The summed E-state index contributed by atoms with van der Waals surface area (Å²) in [5, 5.41) is 25.8. The average Bonchev–Trinajstić information content (AvgIpc) is 2.83. The van der Waals surface area contributed by atoms with Crippen LogP contribution in [0.25, 0.3) is 0 Å². The second-order valence-electron chi connectivity index (χ2n) is 3.67. The quantitative estimate of drug-likeness (QED) is 0.668. The van der Waals surface area contributed by atoms with E-state index in [1.54, 1.807) is 13.2 Å². The van der Waals surface area contributed by atoms with E-state index in [4.69, 9.17) is 5.11 Å². The smallest absolute Gasteiger partial charge is 0.333 e. The number of carboxylic acids is 1. The number of aryl methyl sites for hydroxylation is 1. The van der Waals surface area contributed by atoms with Crippen molar-refractivity contribution >= 4 is 5.97 Å². The topological polar surface area (TPSA) is 88.2 Å². The van der Waals surface area contributed by atoms with Crippen LogP contribution in [0, 0.1) is 0 Å². The van der Waals surface area contributed by atoms with Gasteiger partial charge in [0.05, 0.1) is 11.1 Å². The van der Waals surface area contributed by atoms with E-state index in [-0.39, 0.29) is 0 Å². The van der Waals surface area contributed by atoms with Gasteiger partial charge in [-0.2, -0.15) is 0 Å². The van der Waals surface area contributed by atoms with Gasteiger partial charge in [-0.05, 0) is 12.8 Å². The van der Waals surface area contributed by atoms with Crippen molar-refractivity contribution < 1.29 is 15.0 Å². The minimum Gasteiger partial charge on any atom is -0.479 e. The molecule has 1 aliphatic rings. The molecule has 0 amide bonds. The highest BCUT2D eigenvalue weighted by atomic mass is 16.4. The number of nitrogens with zero attached hydrogens (tertiary/aromatic N) is 3. The highest BCUT2D eigenvalue weighted by Crippen LogP contribution is 2.50. The van der Waals surface area contributed by atoms with E-state index in [0.717, 1.165) is 0 Å². The molecule has 1 fully saturated rings. The number of carboxylic acid groups (broad SMARTS) is 1. The zero-order chi connectivity index (χ0) is 10.3. The Labute approximate surface area is 80.2 Å². The summed E-state index contributed by atoms with van der Waals surface area (Å²) in [6, 6.07) is 0. The number of aliphatic carboxylic acids is 1. The SMILES string of the molecule is Cn1cc(C2(C(O)C(=O)O)CC2)nn1. The third-order valence-corrected chi connectivity index (χ3v) is 2.66. The second-order valence-corrected chi connectivity index (χ2v) is 3.67. The van der Waals surface area contributed by atoms with Crippen molar-refractivity contribution in [3.63, 3.8) is 0 Å². The lowest BCUT2D eigenvalue weighted by Gasteiger charge is -2.14. The Hall–Kier alpha value is -1.43. The number of hydrogen-bond donors (Lipinski definition) is 2. The molecular formula is C8H11N3O3. The van der Waals surface area contributed by atoms with Crippen LogP contribution >= 0.6 is 0 Å². The van der Waals surface area contributed by atoms with Crippen LogP contribution in [-0.2, 0) is 17.3 Å². The highest BCUT2D eigenvalue weighted by Gasteiger charge is 2.55. The van der Waals surface area contributed by atoms with Crippen LogP contribution in [0.15, 0.2) is 6.20 Å². The number of hydrogen-bond acceptors (Lipinski definition) is 4. The number of aromatic nitrogens is 3. The molecule has 14 heavy (non-hydrogen) atoms. The van der Waals surface area contributed by atoms with Gasteiger partial charge in [0, 0.05) is 13.2 Å². The summed E-state index contributed by atoms with van der Waals surface area (Å²) < 4.78 is 1.50. The van der Waals surface area contributed by atoms with E-state index in [9.17, 15) is 9.90 Å². The lowest BCUT2D eigenvalue weighted by Crippen LogP contribution is -2.34. The molecule has 0 aliphatic heterocycles. The van der Waals surface area contributed by atoms with Gasteiger partial charge in [-0.3, -0.25) is 4.68 Å². The van der Waals surface area contributed by atoms with Crippen molar-refractivity contribution in [1.82, 2.24) is 15.0 Å². The van der Waals surface area contributed by atoms with E-state index >= 15 is 0 Å². The predicted octanol–water partition coefficient (Wildman–Crippen LogP) is -0.708. The van der Waals surface area contributed by atoms with Crippen molar-refractivity contribution in [3.05, 3.63) is 11.9 Å². The molecule has 1 aliphatic carbocycles. The molecule has 76 valence electrons. The van der Waals surface area contributed by atoms with Crippen LogP contribution in [0.2, 0.25) is 0 Å². The summed E-state index contributed by atoms with van der Waals surface area (Å²) in [7, 11) is 1.71. The monoisotopic (exact) mass is 197 g/mol. The van der Waals surface area contributed by atoms with Gasteiger partial charge in [-0.25, -0.2) is 4.79 Å². The molecule has 1 heterocycles. The zero-order valence-electron chi connectivity index (χ0n) is 7.71. The Morgan fingerprint density at radius 3 is 2.71 bits per heavy atom. The van der Waals surface area contributed by atoms with E-state index in [1.165, 1.54) is 4.68 Å². The Morgan fingerprint density at radius 2 is 2.36 bits per heavy atom. The Balaban J connectivity index is 2.29. The van der Waals surface area contributed by atoms with Gasteiger partial charge in [0.1, 0.15) is 0 Å². The summed E-state index contributed by atoms with van der Waals surface area (Å²) in [4.78, 5) is 10.7. The summed E-state index contributed by atoms with van der Waals surface area (Å²) in [6.07, 6.45) is 1.58. The first-order valence-corrected chi connectivity index (χ1v) is 4.34. The molecule has 0 saturated heterocycles. The fourth-order valence-electron chi connectivity index (χ4n) is 1.62. The highest BCUT2D eigenvalue weighted by molar-refractivity contribution is 5.75.